The van der Waals surface area contributed by atoms with Gasteiger partial charge in [0, 0.05) is 17.6 Å². The highest BCUT2D eigenvalue weighted by atomic mass is 16.6. The average Bonchev–Trinajstić information content (AvgIpc) is 3.70. The highest BCUT2D eigenvalue weighted by Crippen LogP contribution is 2.39. The molecule has 0 aromatic heterocycles. The Kier molecular flexibility index (Phi) is 12.3. The lowest BCUT2D eigenvalue weighted by Gasteiger charge is -2.46. The Morgan fingerprint density at radius 2 is 1.05 bits per heavy atom. The van der Waals surface area contributed by atoms with Crippen LogP contribution in [0, 0.1) is 0 Å². The minimum atomic E-state index is -0.608. The van der Waals surface area contributed by atoms with E-state index < -0.39 is 30.5 Å². The summed E-state index contributed by atoms with van der Waals surface area (Å²) in [6.45, 7) is 1.71. The van der Waals surface area contributed by atoms with Crippen LogP contribution in [-0.4, -0.2) is 36.8 Å². The quantitative estimate of drug-likeness (QED) is 0.0921. The van der Waals surface area contributed by atoms with Crippen molar-refractivity contribution in [1.82, 2.24) is 0 Å². The van der Waals surface area contributed by atoms with E-state index in [9.17, 15) is 4.79 Å². The Hall–Kier alpha value is -5.47. The molecule has 0 amide bonds. The zero-order chi connectivity index (χ0) is 37.9. The molecule has 2 aliphatic rings. The van der Waals surface area contributed by atoms with Crippen molar-refractivity contribution in [3.8, 4) is 0 Å². The van der Waals surface area contributed by atoms with Crippen molar-refractivity contribution in [1.29, 1.82) is 0 Å². The van der Waals surface area contributed by atoms with Gasteiger partial charge in [0.15, 0.2) is 5.78 Å². The number of ketones is 1. The number of hydrogen-bond acceptors (Lipinski definition) is 6. The first-order valence-electron chi connectivity index (χ1n) is 19.3. The monoisotopic (exact) mass is 742 g/mol. The smallest absolute Gasteiger partial charge is 0.189 e. The van der Waals surface area contributed by atoms with Gasteiger partial charge >= 0.3 is 0 Å². The number of carbonyl (C=O) groups excluding carboxylic acids is 1. The molecule has 5 atom stereocenters. The number of rotatable bonds is 16. The van der Waals surface area contributed by atoms with Gasteiger partial charge in [-0.3, -0.25) is 4.79 Å². The Balaban J connectivity index is 1.15. The van der Waals surface area contributed by atoms with Crippen molar-refractivity contribution in [2.45, 2.75) is 63.4 Å². The topological polar surface area (TPSA) is 63.2 Å². The number of hydrogen-bond donors (Lipinski definition) is 0. The summed E-state index contributed by atoms with van der Waals surface area (Å²) in [6, 6.07) is 56.4. The average molecular weight is 743 g/mol. The van der Waals surface area contributed by atoms with Gasteiger partial charge in [-0.05, 0) is 51.1 Å². The van der Waals surface area contributed by atoms with E-state index in [0.717, 1.165) is 44.5 Å². The molecule has 1 aliphatic heterocycles. The lowest BCUT2D eigenvalue weighted by Crippen LogP contribution is -2.58. The normalized spacial score (nSPS) is 20.3. The van der Waals surface area contributed by atoms with Crippen LogP contribution in [0.25, 0.3) is 6.08 Å². The number of carbonyl (C=O) groups is 1. The second kappa shape index (κ2) is 18.4. The molecule has 0 N–H and O–H groups in total. The molecule has 1 fully saturated rings. The molecule has 0 radical (unpaired) electrons. The summed E-state index contributed by atoms with van der Waals surface area (Å²) in [5.41, 5.74) is 8.63. The van der Waals surface area contributed by atoms with E-state index >= 15 is 0 Å². The maximum absolute atomic E-state index is 14.1. The van der Waals surface area contributed by atoms with Crippen LogP contribution in [0.5, 0.6) is 0 Å². The molecule has 8 rings (SSSR count). The molecule has 0 spiro atoms. The summed E-state index contributed by atoms with van der Waals surface area (Å²) in [6.07, 6.45) is -0.254. The van der Waals surface area contributed by atoms with Crippen molar-refractivity contribution in [2.75, 3.05) is 6.61 Å². The number of ether oxygens (including phenoxy) is 5. The van der Waals surface area contributed by atoms with Gasteiger partial charge in [-0.15, -0.1) is 0 Å². The SMILES string of the molecule is O=C(C1=Cc2ccccc2C1)c1cccc(C2O[C@H](COCc3ccccc3)[C@@H](OCc3ccccc3)[C@H](OCc3ccccc3)[C@H]2OCc2ccccc2)c1. The fourth-order valence-electron chi connectivity index (χ4n) is 7.53. The molecule has 1 aliphatic carbocycles. The molecule has 1 heterocycles. The molecule has 6 aromatic rings. The third kappa shape index (κ3) is 9.31. The molecule has 282 valence electrons. The number of benzene rings is 6. The van der Waals surface area contributed by atoms with Crippen LogP contribution >= 0.6 is 0 Å². The van der Waals surface area contributed by atoms with Crippen LogP contribution < -0.4 is 0 Å². The molecule has 0 saturated carbocycles. The fraction of sp³-hybridized carbons (Fsp3) is 0.220. The van der Waals surface area contributed by atoms with Gasteiger partial charge < -0.3 is 23.7 Å². The number of allylic oxidation sites excluding steroid dienone is 1. The van der Waals surface area contributed by atoms with Crippen molar-refractivity contribution >= 4 is 11.9 Å². The zero-order valence-corrected chi connectivity index (χ0v) is 31.3. The number of fused-ring (bicyclic) bond motifs is 1. The Morgan fingerprint density at radius 3 is 1.64 bits per heavy atom. The molecule has 6 heteroatoms. The van der Waals surface area contributed by atoms with Crippen LogP contribution in [0.15, 0.2) is 175 Å². The highest BCUT2D eigenvalue weighted by molar-refractivity contribution is 6.12. The maximum atomic E-state index is 14.1. The predicted molar refractivity (Wildman–Crippen MR) is 218 cm³/mol. The highest BCUT2D eigenvalue weighted by Gasteiger charge is 2.49. The first-order valence-corrected chi connectivity index (χ1v) is 19.3. The van der Waals surface area contributed by atoms with E-state index in [0.29, 0.717) is 38.4 Å². The van der Waals surface area contributed by atoms with Crippen molar-refractivity contribution < 1.29 is 28.5 Å². The molecular weight excluding hydrogens is 697 g/mol. The summed E-state index contributed by atoms with van der Waals surface area (Å²) in [5, 5.41) is 0. The summed E-state index contributed by atoms with van der Waals surface area (Å²) < 4.78 is 34.2. The van der Waals surface area contributed by atoms with Crippen LogP contribution in [0.4, 0.5) is 0 Å². The Bertz CT molecular complexity index is 2190. The minimum Gasteiger partial charge on any atom is -0.374 e. The lowest BCUT2D eigenvalue weighted by atomic mass is 9.89. The third-order valence-electron chi connectivity index (χ3n) is 10.4. The van der Waals surface area contributed by atoms with Crippen LogP contribution in [0.3, 0.4) is 0 Å². The summed E-state index contributed by atoms with van der Waals surface area (Å²) >= 11 is 0. The predicted octanol–water partition coefficient (Wildman–Crippen LogP) is 9.92. The van der Waals surface area contributed by atoms with Gasteiger partial charge in [-0.25, -0.2) is 0 Å². The van der Waals surface area contributed by atoms with E-state index in [4.69, 9.17) is 23.7 Å². The second-order valence-corrected chi connectivity index (χ2v) is 14.4. The van der Waals surface area contributed by atoms with Crippen LogP contribution in [-0.2, 0) is 56.5 Å². The van der Waals surface area contributed by atoms with E-state index in [2.05, 4.69) is 48.5 Å². The summed E-state index contributed by atoms with van der Waals surface area (Å²) in [7, 11) is 0. The van der Waals surface area contributed by atoms with Crippen molar-refractivity contribution in [2.24, 2.45) is 0 Å². The largest absolute Gasteiger partial charge is 0.374 e. The first-order chi connectivity index (χ1) is 27.7. The van der Waals surface area contributed by atoms with Crippen molar-refractivity contribution in [3.63, 3.8) is 0 Å². The van der Waals surface area contributed by atoms with Gasteiger partial charge in [-0.1, -0.05) is 164 Å². The molecule has 6 aromatic carbocycles. The lowest BCUT2D eigenvalue weighted by molar-refractivity contribution is -0.275. The maximum Gasteiger partial charge on any atom is 0.189 e. The van der Waals surface area contributed by atoms with Crippen LogP contribution in [0.1, 0.15) is 55.4 Å². The van der Waals surface area contributed by atoms with Gasteiger partial charge in [-0.2, -0.15) is 0 Å². The Labute approximate surface area is 329 Å². The third-order valence-corrected chi connectivity index (χ3v) is 10.4. The van der Waals surface area contributed by atoms with Gasteiger partial charge in [0.05, 0.1) is 33.0 Å². The van der Waals surface area contributed by atoms with E-state index in [1.165, 1.54) is 0 Å². The van der Waals surface area contributed by atoms with Crippen molar-refractivity contribution in [3.05, 3.63) is 220 Å². The van der Waals surface area contributed by atoms with Gasteiger partial charge in [0.2, 0.25) is 0 Å². The fourth-order valence-corrected chi connectivity index (χ4v) is 7.53. The molecule has 6 nitrogen and oxygen atoms in total. The Morgan fingerprint density at radius 1 is 0.536 bits per heavy atom. The number of Topliss-reactive ketones (excluding diaryl/α,β-unsaturated/α-hetero) is 1. The molecular formula is C50H46O6. The van der Waals surface area contributed by atoms with E-state index in [1.54, 1.807) is 0 Å². The molecule has 1 unspecified atom stereocenters. The summed E-state index contributed by atoms with van der Waals surface area (Å²) in [5.74, 6) is 0.00399. The first kappa shape index (κ1) is 37.5. The second-order valence-electron chi connectivity index (χ2n) is 14.4. The van der Waals surface area contributed by atoms with E-state index in [-0.39, 0.29) is 12.4 Å². The molecule has 0 bridgehead atoms. The standard InChI is InChI=1S/C50H46O6/c51-46(44-28-40-24-13-14-25-41(40)29-44)42-26-15-27-43(30-42)47-49(54-33-38-20-9-3-10-21-38)50(55-34-39-22-11-4-12-23-39)48(53-32-37-18-7-2-8-19-37)45(56-47)35-52-31-36-16-5-1-6-17-36/h1-28,30,45,47-50H,29,31-35H2/t45-,47?,48-,49+,50+/m1/s1. The molecule has 1 saturated heterocycles. The zero-order valence-electron chi connectivity index (χ0n) is 31.3. The summed E-state index contributed by atoms with van der Waals surface area (Å²) in [4.78, 5) is 14.1. The molecule has 56 heavy (non-hydrogen) atoms. The minimum absolute atomic E-state index is 0.00399. The van der Waals surface area contributed by atoms with Crippen LogP contribution in [0.2, 0.25) is 0 Å². The van der Waals surface area contributed by atoms with E-state index in [1.807, 2.05) is 127 Å². The van der Waals surface area contributed by atoms with Gasteiger partial charge in [0.25, 0.3) is 0 Å². The van der Waals surface area contributed by atoms with Gasteiger partial charge in [0.1, 0.15) is 30.5 Å².